The van der Waals surface area contributed by atoms with E-state index < -0.39 is 0 Å². The maximum Gasteiger partial charge on any atom is 0.0802 e. The summed E-state index contributed by atoms with van der Waals surface area (Å²) < 4.78 is 5.54. The van der Waals surface area contributed by atoms with Gasteiger partial charge in [-0.2, -0.15) is 0 Å². The number of nitrogens with one attached hydrogen (secondary N) is 1. The molecule has 4 heteroatoms. The molecule has 2 rings (SSSR count). The van der Waals surface area contributed by atoms with E-state index in [4.69, 9.17) is 27.9 Å². The summed E-state index contributed by atoms with van der Waals surface area (Å²) in [4.78, 5) is 0. The average molecular weight is 274 g/mol. The van der Waals surface area contributed by atoms with Gasteiger partial charge in [0.05, 0.1) is 15.6 Å². The Labute approximate surface area is 112 Å². The van der Waals surface area contributed by atoms with Gasteiger partial charge in [-0.15, -0.1) is 0 Å². The van der Waals surface area contributed by atoms with Crippen LogP contribution in [0.3, 0.4) is 0 Å². The van der Waals surface area contributed by atoms with Gasteiger partial charge < -0.3 is 10.1 Å². The van der Waals surface area contributed by atoms with Crippen LogP contribution in [0.5, 0.6) is 0 Å². The smallest absolute Gasteiger partial charge is 0.0802 e. The maximum absolute atomic E-state index is 5.96. The van der Waals surface area contributed by atoms with Crippen LogP contribution < -0.4 is 5.32 Å². The molecule has 0 aliphatic heterocycles. The van der Waals surface area contributed by atoms with E-state index >= 15 is 0 Å². The number of benzene rings is 1. The van der Waals surface area contributed by atoms with E-state index in [-0.39, 0.29) is 5.60 Å². The maximum atomic E-state index is 5.96. The van der Waals surface area contributed by atoms with E-state index in [2.05, 4.69) is 5.32 Å². The van der Waals surface area contributed by atoms with Crippen LogP contribution in [-0.2, 0) is 11.3 Å². The number of hydrogen-bond donors (Lipinski definition) is 1. The van der Waals surface area contributed by atoms with E-state index in [0.29, 0.717) is 10.0 Å². The zero-order valence-corrected chi connectivity index (χ0v) is 11.4. The molecule has 1 N–H and O–H groups in total. The summed E-state index contributed by atoms with van der Waals surface area (Å²) in [6, 6.07) is 5.72. The third-order valence-electron chi connectivity index (χ3n) is 3.46. The summed E-state index contributed by atoms with van der Waals surface area (Å²) in [6.07, 6.45) is 3.57. The van der Waals surface area contributed by atoms with E-state index in [0.717, 1.165) is 31.5 Å². The fourth-order valence-corrected chi connectivity index (χ4v) is 2.43. The van der Waals surface area contributed by atoms with Gasteiger partial charge in [0.1, 0.15) is 0 Å². The topological polar surface area (TPSA) is 21.3 Å². The zero-order valence-electron chi connectivity index (χ0n) is 9.93. The molecule has 1 fully saturated rings. The molecule has 0 aromatic heterocycles. The SMILES string of the molecule is COC1(CNCc2ccc(Cl)c(Cl)c2)CCC1. The molecule has 0 radical (unpaired) electrons. The van der Waals surface area contributed by atoms with Crippen molar-refractivity contribution in [1.29, 1.82) is 0 Å². The minimum atomic E-state index is 0.0657. The lowest BCUT2D eigenvalue weighted by atomic mass is 9.80. The summed E-state index contributed by atoms with van der Waals surface area (Å²) in [5, 5.41) is 4.62. The van der Waals surface area contributed by atoms with Gasteiger partial charge in [0.2, 0.25) is 0 Å². The predicted molar refractivity (Wildman–Crippen MR) is 71.8 cm³/mol. The molecule has 1 aliphatic carbocycles. The molecule has 1 aliphatic rings. The van der Waals surface area contributed by atoms with Crippen LogP contribution in [0.4, 0.5) is 0 Å². The second kappa shape index (κ2) is 5.57. The highest BCUT2D eigenvalue weighted by molar-refractivity contribution is 6.42. The third kappa shape index (κ3) is 3.14. The predicted octanol–water partition coefficient (Wildman–Crippen LogP) is 3.65. The molecule has 1 aromatic carbocycles. The average Bonchev–Trinajstić information content (AvgIpc) is 2.27. The number of methoxy groups -OCH3 is 1. The Bertz CT molecular complexity index is 385. The Hall–Kier alpha value is -0.280. The second-order valence-electron chi connectivity index (χ2n) is 4.59. The molecule has 94 valence electrons. The molecule has 0 unspecified atom stereocenters. The highest BCUT2D eigenvalue weighted by Crippen LogP contribution is 2.34. The van der Waals surface area contributed by atoms with E-state index in [9.17, 15) is 0 Å². The Morgan fingerprint density at radius 3 is 2.59 bits per heavy atom. The minimum absolute atomic E-state index is 0.0657. The van der Waals surface area contributed by atoms with Crippen LogP contribution >= 0.6 is 23.2 Å². The molecule has 1 saturated carbocycles. The fraction of sp³-hybridized carbons (Fsp3) is 0.538. The molecular weight excluding hydrogens is 257 g/mol. The molecule has 0 spiro atoms. The molecule has 0 saturated heterocycles. The number of rotatable bonds is 5. The Kier molecular flexibility index (Phi) is 4.31. The molecule has 0 amide bonds. The van der Waals surface area contributed by atoms with E-state index in [1.165, 1.54) is 6.42 Å². The van der Waals surface area contributed by atoms with Crippen LogP contribution in [-0.4, -0.2) is 19.3 Å². The van der Waals surface area contributed by atoms with Gasteiger partial charge >= 0.3 is 0 Å². The number of hydrogen-bond acceptors (Lipinski definition) is 2. The van der Waals surface area contributed by atoms with Crippen molar-refractivity contribution in [2.75, 3.05) is 13.7 Å². The van der Waals surface area contributed by atoms with Gasteiger partial charge in [-0.25, -0.2) is 0 Å². The van der Waals surface area contributed by atoms with Gasteiger partial charge in [-0.05, 0) is 37.0 Å². The largest absolute Gasteiger partial charge is 0.377 e. The second-order valence-corrected chi connectivity index (χ2v) is 5.41. The molecule has 0 heterocycles. The van der Waals surface area contributed by atoms with Crippen molar-refractivity contribution in [1.82, 2.24) is 5.32 Å². The summed E-state index contributed by atoms with van der Waals surface area (Å²) in [5.41, 5.74) is 1.21. The summed E-state index contributed by atoms with van der Waals surface area (Å²) in [7, 11) is 1.79. The molecule has 0 bridgehead atoms. The minimum Gasteiger partial charge on any atom is -0.377 e. The quantitative estimate of drug-likeness (QED) is 0.884. The standard InChI is InChI=1S/C13H17Cl2NO/c1-17-13(5-2-6-13)9-16-8-10-3-4-11(14)12(15)7-10/h3-4,7,16H,2,5-6,8-9H2,1H3. The van der Waals surface area contributed by atoms with Crippen molar-refractivity contribution < 1.29 is 4.74 Å². The number of halogens is 2. The van der Waals surface area contributed by atoms with Crippen molar-refractivity contribution in [3.63, 3.8) is 0 Å². The van der Waals surface area contributed by atoms with Crippen molar-refractivity contribution in [2.24, 2.45) is 0 Å². The molecule has 0 atom stereocenters. The van der Waals surface area contributed by atoms with Gasteiger partial charge in [-0.1, -0.05) is 29.3 Å². The van der Waals surface area contributed by atoms with Gasteiger partial charge in [-0.3, -0.25) is 0 Å². The Balaban J connectivity index is 1.83. The molecule has 17 heavy (non-hydrogen) atoms. The summed E-state index contributed by atoms with van der Waals surface area (Å²) in [5.74, 6) is 0. The Morgan fingerprint density at radius 2 is 2.06 bits per heavy atom. The van der Waals surface area contributed by atoms with E-state index in [1.54, 1.807) is 7.11 Å². The van der Waals surface area contributed by atoms with Gasteiger partial charge in [0, 0.05) is 20.2 Å². The number of ether oxygens (including phenoxy) is 1. The van der Waals surface area contributed by atoms with Crippen LogP contribution in [0.15, 0.2) is 18.2 Å². The first-order valence-corrected chi connectivity index (χ1v) is 6.61. The highest BCUT2D eigenvalue weighted by Gasteiger charge is 2.36. The third-order valence-corrected chi connectivity index (χ3v) is 4.20. The van der Waals surface area contributed by atoms with Crippen molar-refractivity contribution in [3.05, 3.63) is 33.8 Å². The monoisotopic (exact) mass is 273 g/mol. The van der Waals surface area contributed by atoms with Crippen molar-refractivity contribution in [2.45, 2.75) is 31.4 Å². The van der Waals surface area contributed by atoms with Crippen LogP contribution in [0.2, 0.25) is 10.0 Å². The summed E-state index contributed by atoms with van der Waals surface area (Å²) in [6.45, 7) is 1.69. The normalized spacial score (nSPS) is 17.8. The highest BCUT2D eigenvalue weighted by atomic mass is 35.5. The zero-order chi connectivity index (χ0) is 12.3. The van der Waals surface area contributed by atoms with Crippen molar-refractivity contribution in [3.8, 4) is 0 Å². The van der Waals surface area contributed by atoms with Crippen LogP contribution in [0.25, 0.3) is 0 Å². The van der Waals surface area contributed by atoms with Gasteiger partial charge in [0.15, 0.2) is 0 Å². The first kappa shape index (κ1) is 13.2. The lowest BCUT2D eigenvalue weighted by Gasteiger charge is -2.40. The fourth-order valence-electron chi connectivity index (χ4n) is 2.11. The first-order valence-electron chi connectivity index (χ1n) is 5.85. The molecular formula is C13H17Cl2NO. The van der Waals surface area contributed by atoms with Crippen molar-refractivity contribution >= 4 is 23.2 Å². The van der Waals surface area contributed by atoms with Crippen LogP contribution in [0.1, 0.15) is 24.8 Å². The lowest BCUT2D eigenvalue weighted by Crippen LogP contribution is -2.47. The molecule has 2 nitrogen and oxygen atoms in total. The van der Waals surface area contributed by atoms with Gasteiger partial charge in [0.25, 0.3) is 0 Å². The first-order chi connectivity index (χ1) is 8.15. The lowest BCUT2D eigenvalue weighted by molar-refractivity contribution is -0.0695. The summed E-state index contributed by atoms with van der Waals surface area (Å²) >= 11 is 11.8. The van der Waals surface area contributed by atoms with Crippen LogP contribution in [0, 0.1) is 0 Å². The Morgan fingerprint density at radius 1 is 1.29 bits per heavy atom. The van der Waals surface area contributed by atoms with E-state index in [1.807, 2.05) is 18.2 Å². The molecule has 1 aromatic rings.